The first-order chi connectivity index (χ1) is 26.3. The average Bonchev–Trinajstić information content (AvgIpc) is 3.15. The lowest BCUT2D eigenvalue weighted by Gasteiger charge is -2.15. The molecule has 0 saturated heterocycles. The highest BCUT2D eigenvalue weighted by atomic mass is 16.5. The molecule has 0 spiro atoms. The van der Waals surface area contributed by atoms with Crippen molar-refractivity contribution in [2.45, 2.75) is 199 Å². The molecule has 54 heavy (non-hydrogen) atoms. The third-order valence-corrected chi connectivity index (χ3v) is 9.28. The first-order valence-electron chi connectivity index (χ1n) is 21.5. The maximum absolute atomic E-state index is 12.7. The van der Waals surface area contributed by atoms with E-state index in [0.717, 1.165) is 70.6 Å². The summed E-state index contributed by atoms with van der Waals surface area (Å²) in [6.07, 6.45) is 45.8. The molecule has 4 N–H and O–H groups in total. The van der Waals surface area contributed by atoms with Gasteiger partial charge in [0.1, 0.15) is 12.1 Å². The number of nitrogens with one attached hydrogen (secondary N) is 2. The Hall–Kier alpha value is -3.20. The fourth-order valence-electron chi connectivity index (χ4n) is 5.93. The number of esters is 1. The molecule has 0 aromatic rings. The van der Waals surface area contributed by atoms with E-state index in [9.17, 15) is 19.2 Å². The second-order valence-electron chi connectivity index (χ2n) is 14.4. The highest BCUT2D eigenvalue weighted by Gasteiger charge is 2.18. The number of aliphatic hydroxyl groups excluding tert-OH is 1. The zero-order chi connectivity index (χ0) is 39.7. The summed E-state index contributed by atoms with van der Waals surface area (Å²) in [5, 5.41) is 22.5. The fraction of sp³-hybridized carbons (Fsp3) is 0.733. The molecule has 310 valence electrons. The van der Waals surface area contributed by atoms with E-state index in [2.05, 4.69) is 67.0 Å². The molecule has 2 atom stereocenters. The SMILES string of the molecule is CCCCCC/C=C\C/C=C\CCCCCCCCCC(=O)OC(/C=C\C/C=C\CCCCCC)CCCCCCC(=O)NCC(=O)NC(CO)C(=O)O. The van der Waals surface area contributed by atoms with Gasteiger partial charge < -0.3 is 25.6 Å². The van der Waals surface area contributed by atoms with Gasteiger partial charge in [0, 0.05) is 12.8 Å². The van der Waals surface area contributed by atoms with Crippen molar-refractivity contribution < 1.29 is 34.1 Å². The highest BCUT2D eigenvalue weighted by Crippen LogP contribution is 2.15. The van der Waals surface area contributed by atoms with Crippen molar-refractivity contribution in [3.05, 3.63) is 48.6 Å². The fourth-order valence-corrected chi connectivity index (χ4v) is 5.93. The number of carbonyl (C=O) groups excluding carboxylic acids is 3. The number of rotatable bonds is 38. The Morgan fingerprint density at radius 1 is 0.574 bits per heavy atom. The number of amides is 2. The normalized spacial score (nSPS) is 12.9. The Morgan fingerprint density at radius 3 is 1.59 bits per heavy atom. The minimum Gasteiger partial charge on any atom is -0.480 e. The van der Waals surface area contributed by atoms with Crippen LogP contribution >= 0.6 is 0 Å². The van der Waals surface area contributed by atoms with E-state index < -0.39 is 24.5 Å². The first-order valence-corrected chi connectivity index (χ1v) is 21.5. The van der Waals surface area contributed by atoms with Crippen LogP contribution in [0.15, 0.2) is 48.6 Å². The molecule has 0 fully saturated rings. The van der Waals surface area contributed by atoms with Gasteiger partial charge in [-0.25, -0.2) is 4.79 Å². The summed E-state index contributed by atoms with van der Waals surface area (Å²) in [5.74, 6) is -2.43. The zero-order valence-electron chi connectivity index (χ0n) is 34.2. The minimum absolute atomic E-state index is 0.136. The largest absolute Gasteiger partial charge is 0.480 e. The lowest BCUT2D eigenvalue weighted by Crippen LogP contribution is -2.47. The maximum Gasteiger partial charge on any atom is 0.328 e. The van der Waals surface area contributed by atoms with Crippen molar-refractivity contribution in [1.29, 1.82) is 0 Å². The topological polar surface area (TPSA) is 142 Å². The molecule has 0 aliphatic heterocycles. The number of carboxylic acid groups (broad SMARTS) is 1. The standard InChI is InChI=1S/C45H78N2O7/c1-3-5-7-9-11-13-14-15-16-17-18-19-20-21-23-25-27-33-37-44(51)54-40(34-30-26-24-22-12-10-8-6-4-2)35-31-28-29-32-36-42(49)46-38-43(50)47-41(39-48)45(52)53/h13-14,16-17,22,24,30,34,40-41,48H,3-12,15,18-21,23,25-29,31-33,35-39H2,1-2H3,(H,46,49)(H,47,50)(H,52,53)/b14-13-,17-16-,24-22-,34-30-. The van der Waals surface area contributed by atoms with Crippen LogP contribution in [0.4, 0.5) is 0 Å². The molecule has 9 nitrogen and oxygen atoms in total. The maximum atomic E-state index is 12.7. The molecule has 0 radical (unpaired) electrons. The predicted octanol–water partition coefficient (Wildman–Crippen LogP) is 10.4. The number of hydrogen-bond acceptors (Lipinski definition) is 6. The van der Waals surface area contributed by atoms with Gasteiger partial charge in [-0.3, -0.25) is 14.4 Å². The number of aliphatic hydroxyl groups is 1. The average molecular weight is 759 g/mol. The Labute approximate surface area is 328 Å². The van der Waals surface area contributed by atoms with Crippen molar-refractivity contribution in [3.8, 4) is 0 Å². The van der Waals surface area contributed by atoms with Gasteiger partial charge in [-0.2, -0.15) is 0 Å². The van der Waals surface area contributed by atoms with Crippen LogP contribution in [0.3, 0.4) is 0 Å². The number of ether oxygens (including phenoxy) is 1. The quantitative estimate of drug-likeness (QED) is 0.0279. The molecule has 0 aliphatic carbocycles. The van der Waals surface area contributed by atoms with Crippen LogP contribution in [-0.2, 0) is 23.9 Å². The van der Waals surface area contributed by atoms with E-state index in [1.165, 1.54) is 83.5 Å². The van der Waals surface area contributed by atoms with E-state index >= 15 is 0 Å². The number of hydrogen-bond donors (Lipinski definition) is 4. The Morgan fingerprint density at radius 2 is 1.06 bits per heavy atom. The van der Waals surface area contributed by atoms with Crippen LogP contribution in [0.1, 0.15) is 187 Å². The smallest absolute Gasteiger partial charge is 0.328 e. The monoisotopic (exact) mass is 759 g/mol. The lowest BCUT2D eigenvalue weighted by atomic mass is 10.1. The van der Waals surface area contributed by atoms with Crippen LogP contribution in [0.25, 0.3) is 0 Å². The molecular formula is C45H78N2O7. The van der Waals surface area contributed by atoms with E-state index in [1.807, 2.05) is 6.08 Å². The molecular weight excluding hydrogens is 681 g/mol. The molecule has 0 bridgehead atoms. The Balaban J connectivity index is 4.32. The molecule has 2 amide bonds. The zero-order valence-corrected chi connectivity index (χ0v) is 34.2. The molecule has 0 aromatic heterocycles. The van der Waals surface area contributed by atoms with Gasteiger partial charge in [-0.05, 0) is 83.1 Å². The first kappa shape index (κ1) is 50.8. The van der Waals surface area contributed by atoms with Gasteiger partial charge in [0.2, 0.25) is 11.8 Å². The predicted molar refractivity (Wildman–Crippen MR) is 222 cm³/mol. The van der Waals surface area contributed by atoms with Gasteiger partial charge in [-0.1, -0.05) is 140 Å². The van der Waals surface area contributed by atoms with Crippen LogP contribution in [-0.4, -0.2) is 59.3 Å². The van der Waals surface area contributed by atoms with Gasteiger partial charge in [0.25, 0.3) is 0 Å². The van der Waals surface area contributed by atoms with Gasteiger partial charge in [0.05, 0.1) is 13.2 Å². The van der Waals surface area contributed by atoms with Crippen molar-refractivity contribution in [2.24, 2.45) is 0 Å². The van der Waals surface area contributed by atoms with E-state index in [-0.39, 0.29) is 30.9 Å². The number of unbranched alkanes of at least 4 members (excludes halogenated alkanes) is 18. The van der Waals surface area contributed by atoms with E-state index in [0.29, 0.717) is 12.8 Å². The molecule has 0 rings (SSSR count). The molecule has 0 aliphatic rings. The van der Waals surface area contributed by atoms with E-state index in [1.54, 1.807) is 0 Å². The summed E-state index contributed by atoms with van der Waals surface area (Å²) in [6.45, 7) is 3.40. The van der Waals surface area contributed by atoms with Crippen LogP contribution in [0.5, 0.6) is 0 Å². The van der Waals surface area contributed by atoms with Gasteiger partial charge in [0.15, 0.2) is 0 Å². The molecule has 9 heteroatoms. The minimum atomic E-state index is -1.39. The second kappa shape index (κ2) is 39.5. The van der Waals surface area contributed by atoms with Crippen molar-refractivity contribution in [1.82, 2.24) is 10.6 Å². The number of allylic oxidation sites excluding steroid dienone is 7. The summed E-state index contributed by atoms with van der Waals surface area (Å²) in [4.78, 5) is 47.5. The van der Waals surface area contributed by atoms with Crippen LogP contribution < -0.4 is 10.6 Å². The van der Waals surface area contributed by atoms with Gasteiger partial charge in [-0.15, -0.1) is 0 Å². The summed E-state index contributed by atoms with van der Waals surface area (Å²) in [5.41, 5.74) is 0. The highest BCUT2D eigenvalue weighted by molar-refractivity contribution is 5.87. The number of aliphatic carboxylic acids is 1. The van der Waals surface area contributed by atoms with Crippen molar-refractivity contribution in [3.63, 3.8) is 0 Å². The van der Waals surface area contributed by atoms with Crippen molar-refractivity contribution in [2.75, 3.05) is 13.2 Å². The second-order valence-corrected chi connectivity index (χ2v) is 14.4. The van der Waals surface area contributed by atoms with Crippen LogP contribution in [0, 0.1) is 0 Å². The lowest BCUT2D eigenvalue weighted by molar-refractivity contribution is -0.147. The Kier molecular flexibility index (Phi) is 37.2. The number of carbonyl (C=O) groups is 4. The molecule has 2 unspecified atom stereocenters. The summed E-state index contributed by atoms with van der Waals surface area (Å²) in [6, 6.07) is -1.39. The van der Waals surface area contributed by atoms with Gasteiger partial charge >= 0.3 is 11.9 Å². The van der Waals surface area contributed by atoms with Crippen molar-refractivity contribution >= 4 is 23.8 Å². The molecule has 0 aromatic carbocycles. The summed E-state index contributed by atoms with van der Waals surface area (Å²) >= 11 is 0. The molecule has 0 saturated carbocycles. The Bertz CT molecular complexity index is 1050. The van der Waals surface area contributed by atoms with Crippen LogP contribution in [0.2, 0.25) is 0 Å². The third-order valence-electron chi connectivity index (χ3n) is 9.28. The third kappa shape index (κ3) is 35.8. The molecule has 0 heterocycles. The van der Waals surface area contributed by atoms with E-state index in [4.69, 9.17) is 14.9 Å². The summed E-state index contributed by atoms with van der Waals surface area (Å²) < 4.78 is 5.89. The number of carboxylic acids is 1. The summed E-state index contributed by atoms with van der Waals surface area (Å²) in [7, 11) is 0.